The summed E-state index contributed by atoms with van der Waals surface area (Å²) in [5.74, 6) is 0. The van der Waals surface area contributed by atoms with Crippen LogP contribution in [0.2, 0.25) is 0 Å². The highest BCUT2D eigenvalue weighted by molar-refractivity contribution is 7.91. The van der Waals surface area contributed by atoms with Crippen LogP contribution in [0.5, 0.6) is 0 Å². The number of hydrogen-bond acceptors (Lipinski definition) is 4. The molecule has 57 heavy (non-hydrogen) atoms. The summed E-state index contributed by atoms with van der Waals surface area (Å²) in [4.78, 5) is 4.24. The van der Waals surface area contributed by atoms with Gasteiger partial charge in [0.15, 0.2) is 0 Å². The molecule has 0 fully saturated rings. The number of benzene rings is 7. The van der Waals surface area contributed by atoms with Gasteiger partial charge in [-0.3, -0.25) is 4.40 Å². The van der Waals surface area contributed by atoms with Crippen molar-refractivity contribution in [3.8, 4) is 22.3 Å². The quantitative estimate of drug-likeness (QED) is 0.175. The Balaban J connectivity index is 1.03. The molecule has 276 valence electrons. The van der Waals surface area contributed by atoms with Crippen LogP contribution in [0, 0.1) is 13.8 Å². The van der Waals surface area contributed by atoms with Gasteiger partial charge in [0.2, 0.25) is 9.84 Å². The van der Waals surface area contributed by atoms with E-state index in [0.717, 1.165) is 61.6 Å². The molecule has 0 spiro atoms. The van der Waals surface area contributed by atoms with Gasteiger partial charge in [0.25, 0.3) is 0 Å². The van der Waals surface area contributed by atoms with Crippen LogP contribution >= 0.6 is 11.3 Å². The Bertz CT molecular complexity index is 3340. The Morgan fingerprint density at radius 2 is 1.12 bits per heavy atom. The Morgan fingerprint density at radius 1 is 0.526 bits per heavy atom. The minimum Gasteiger partial charge on any atom is -0.310 e. The molecule has 0 amide bonds. The Labute approximate surface area is 336 Å². The first kappa shape index (κ1) is 34.1. The average Bonchev–Trinajstić information content (AvgIpc) is 3.91. The minimum absolute atomic E-state index is 0.366. The van der Waals surface area contributed by atoms with Crippen molar-refractivity contribution >= 4 is 75.6 Å². The van der Waals surface area contributed by atoms with Crippen molar-refractivity contribution in [2.24, 2.45) is 0 Å². The molecule has 4 nitrogen and oxygen atoms in total. The summed E-state index contributed by atoms with van der Waals surface area (Å²) in [6.07, 6.45) is 0. The molecule has 0 saturated heterocycles. The van der Waals surface area contributed by atoms with Gasteiger partial charge in [-0.2, -0.15) is 0 Å². The summed E-state index contributed by atoms with van der Waals surface area (Å²) in [5, 5.41) is 7.25. The van der Waals surface area contributed by atoms with E-state index in [0.29, 0.717) is 9.79 Å². The third kappa shape index (κ3) is 5.00. The van der Waals surface area contributed by atoms with Gasteiger partial charge in [0.05, 0.1) is 20.8 Å². The maximum Gasteiger partial charge on any atom is 0.207 e. The molecule has 10 aromatic rings. The van der Waals surface area contributed by atoms with E-state index >= 15 is 0 Å². The van der Waals surface area contributed by atoms with Crippen molar-refractivity contribution in [3.05, 3.63) is 179 Å². The third-order valence-electron chi connectivity index (χ3n) is 12.1. The molecule has 0 atom stereocenters. The molecule has 0 unspecified atom stereocenters. The molecule has 6 heteroatoms. The number of aromatic nitrogens is 1. The van der Waals surface area contributed by atoms with Gasteiger partial charge in [-0.05, 0) is 149 Å². The highest BCUT2D eigenvalue weighted by Crippen LogP contribution is 2.50. The molecular formula is C51H38N2O2S2. The average molecular weight is 775 g/mol. The Kier molecular flexibility index (Phi) is 7.26. The van der Waals surface area contributed by atoms with Crippen LogP contribution in [-0.2, 0) is 15.3 Å². The number of para-hydroxylation sites is 1. The highest BCUT2D eigenvalue weighted by atomic mass is 32.2. The zero-order valence-electron chi connectivity index (χ0n) is 32.0. The van der Waals surface area contributed by atoms with Crippen molar-refractivity contribution in [2.45, 2.75) is 42.9 Å². The van der Waals surface area contributed by atoms with Gasteiger partial charge in [0, 0.05) is 44.0 Å². The molecule has 7 aromatic carbocycles. The fraction of sp³-hybridized carbons (Fsp3) is 0.0980. The molecular weight excluding hydrogens is 737 g/mol. The monoisotopic (exact) mass is 774 g/mol. The van der Waals surface area contributed by atoms with E-state index in [4.69, 9.17) is 0 Å². The summed E-state index contributed by atoms with van der Waals surface area (Å²) in [7, 11) is -3.78. The lowest BCUT2D eigenvalue weighted by Gasteiger charge is -2.36. The van der Waals surface area contributed by atoms with Crippen LogP contribution < -0.4 is 4.90 Å². The second-order valence-corrected chi connectivity index (χ2v) is 18.8. The maximum absolute atomic E-state index is 14.5. The number of thiophene rings is 1. The van der Waals surface area contributed by atoms with Crippen LogP contribution in [0.25, 0.3) is 59.7 Å². The topological polar surface area (TPSA) is 41.8 Å². The largest absolute Gasteiger partial charge is 0.310 e. The number of fused-ring (bicyclic) bond motifs is 8. The second-order valence-electron chi connectivity index (χ2n) is 16.0. The first-order valence-electron chi connectivity index (χ1n) is 19.3. The van der Waals surface area contributed by atoms with E-state index in [2.05, 4.69) is 170 Å². The summed E-state index contributed by atoms with van der Waals surface area (Å²) in [5.41, 5.74) is 13.1. The molecule has 1 aliphatic heterocycles. The molecule has 11 rings (SSSR count). The van der Waals surface area contributed by atoms with Gasteiger partial charge in [-0.25, -0.2) is 8.42 Å². The van der Waals surface area contributed by atoms with Crippen LogP contribution in [0.15, 0.2) is 167 Å². The van der Waals surface area contributed by atoms with Crippen molar-refractivity contribution < 1.29 is 8.42 Å². The molecule has 3 aromatic heterocycles. The first-order chi connectivity index (χ1) is 27.6. The van der Waals surface area contributed by atoms with Crippen LogP contribution in [0.3, 0.4) is 0 Å². The van der Waals surface area contributed by atoms with Crippen molar-refractivity contribution in [1.29, 1.82) is 0 Å². The number of sulfone groups is 1. The fourth-order valence-corrected chi connectivity index (χ4v) is 12.2. The van der Waals surface area contributed by atoms with E-state index in [1.165, 1.54) is 37.4 Å². The highest BCUT2D eigenvalue weighted by Gasteiger charge is 2.41. The van der Waals surface area contributed by atoms with Gasteiger partial charge >= 0.3 is 0 Å². The van der Waals surface area contributed by atoms with Crippen LogP contribution in [0.1, 0.15) is 36.1 Å². The zero-order chi connectivity index (χ0) is 38.8. The standard InChI is InChI=1S/C51H38N2O2S2/c1-31-10-7-14-37(24-31)52(38-15-8-11-32(2)25-38)39-19-21-48-45(30-39)51(3,4)44-29-35(18-20-47(44)57(48,54)55)33-12-9-13-34(26-33)36-27-42-40-16-5-6-17-46(40)53-49(42)43(28-36)41-22-23-56-50(41)53/h5-30H,1-4H3. The molecule has 0 bridgehead atoms. The molecule has 0 radical (unpaired) electrons. The van der Waals surface area contributed by atoms with Crippen molar-refractivity contribution in [1.82, 2.24) is 4.40 Å². The normalized spacial score (nSPS) is 14.4. The van der Waals surface area contributed by atoms with E-state index in [1.54, 1.807) is 17.4 Å². The van der Waals surface area contributed by atoms with E-state index < -0.39 is 15.3 Å². The maximum atomic E-state index is 14.5. The molecule has 0 N–H and O–H groups in total. The van der Waals surface area contributed by atoms with Crippen molar-refractivity contribution in [3.63, 3.8) is 0 Å². The lowest BCUT2D eigenvalue weighted by Crippen LogP contribution is -2.30. The number of rotatable bonds is 5. The number of anilines is 3. The Hall–Kier alpha value is -6.21. The fourth-order valence-electron chi connectivity index (χ4n) is 9.30. The van der Waals surface area contributed by atoms with E-state index in [-0.39, 0.29) is 0 Å². The molecule has 0 saturated carbocycles. The Morgan fingerprint density at radius 3 is 1.84 bits per heavy atom. The number of hydrogen-bond donors (Lipinski definition) is 0. The third-order valence-corrected chi connectivity index (χ3v) is 14.9. The summed E-state index contributed by atoms with van der Waals surface area (Å²) >= 11 is 1.79. The van der Waals surface area contributed by atoms with Crippen molar-refractivity contribution in [2.75, 3.05) is 4.90 Å². The van der Waals surface area contributed by atoms with Gasteiger partial charge in [-0.15, -0.1) is 11.3 Å². The number of nitrogens with zero attached hydrogens (tertiary/aromatic N) is 2. The lowest BCUT2D eigenvalue weighted by atomic mass is 9.76. The molecule has 0 aliphatic carbocycles. The smallest absolute Gasteiger partial charge is 0.207 e. The summed E-state index contributed by atoms with van der Waals surface area (Å²) < 4.78 is 31.4. The number of aryl methyl sites for hydroxylation is 2. The second kappa shape index (κ2) is 12.1. The molecule has 1 aliphatic rings. The summed E-state index contributed by atoms with van der Waals surface area (Å²) in [6.45, 7) is 8.50. The van der Waals surface area contributed by atoms with Crippen LogP contribution in [-0.4, -0.2) is 12.8 Å². The van der Waals surface area contributed by atoms with Gasteiger partial charge < -0.3 is 4.90 Å². The van der Waals surface area contributed by atoms with Gasteiger partial charge in [0.1, 0.15) is 4.83 Å². The summed E-state index contributed by atoms with van der Waals surface area (Å²) in [6, 6.07) is 52.9. The predicted octanol–water partition coefficient (Wildman–Crippen LogP) is 13.8. The minimum atomic E-state index is -3.78. The zero-order valence-corrected chi connectivity index (χ0v) is 33.7. The molecule has 4 heterocycles. The van der Waals surface area contributed by atoms with E-state index in [9.17, 15) is 8.42 Å². The predicted molar refractivity (Wildman–Crippen MR) is 238 cm³/mol. The van der Waals surface area contributed by atoms with E-state index in [1.807, 2.05) is 18.2 Å². The lowest BCUT2D eigenvalue weighted by molar-refractivity contribution is 0.556. The van der Waals surface area contributed by atoms with Gasteiger partial charge in [-0.1, -0.05) is 80.6 Å². The first-order valence-corrected chi connectivity index (χ1v) is 21.7. The van der Waals surface area contributed by atoms with Crippen LogP contribution in [0.4, 0.5) is 17.1 Å². The SMILES string of the molecule is Cc1cccc(N(c2cccc(C)c2)c2ccc3c(c2)C(C)(C)c2cc(-c4cccc(-c5cc6c7ccccc7n7c8sccc8c(c5)c67)c4)ccc2S3(=O)=O)c1.